The average Bonchev–Trinajstić information content (AvgIpc) is 2.88. The fourth-order valence-corrected chi connectivity index (χ4v) is 3.63. The number of aryl methyl sites for hydroxylation is 1. The molecule has 1 aliphatic rings. The third kappa shape index (κ3) is 2.43. The number of hydrogen-bond acceptors (Lipinski definition) is 4. The molecule has 19 heavy (non-hydrogen) atoms. The van der Waals surface area contributed by atoms with Crippen LogP contribution >= 0.6 is 0 Å². The van der Waals surface area contributed by atoms with E-state index in [0.29, 0.717) is 5.76 Å². The van der Waals surface area contributed by atoms with Crippen LogP contribution in [0.3, 0.4) is 0 Å². The highest BCUT2D eigenvalue weighted by Gasteiger charge is 2.39. The van der Waals surface area contributed by atoms with Gasteiger partial charge in [-0.2, -0.15) is 9.40 Å². The molecule has 2 aromatic rings. The summed E-state index contributed by atoms with van der Waals surface area (Å²) in [7, 11) is -1.80. The van der Waals surface area contributed by atoms with Crippen LogP contribution in [-0.4, -0.2) is 28.5 Å². The van der Waals surface area contributed by atoms with Gasteiger partial charge in [0.25, 0.3) is 0 Å². The first kappa shape index (κ1) is 12.4. The number of aromatic nitrogens is 2. The summed E-state index contributed by atoms with van der Waals surface area (Å²) < 4.78 is 33.4. The quantitative estimate of drug-likeness (QED) is 0.830. The fraction of sp³-hybridized carbons (Fsp3) is 0.417. The number of rotatable bonds is 5. The highest BCUT2D eigenvalue weighted by Crippen LogP contribution is 2.33. The van der Waals surface area contributed by atoms with E-state index in [1.807, 2.05) is 0 Å². The molecule has 0 N–H and O–H groups in total. The van der Waals surface area contributed by atoms with Crippen LogP contribution in [0.1, 0.15) is 18.6 Å². The van der Waals surface area contributed by atoms with E-state index in [0.717, 1.165) is 12.8 Å². The summed E-state index contributed by atoms with van der Waals surface area (Å²) in [6.07, 6.45) is 6.26. The summed E-state index contributed by atoms with van der Waals surface area (Å²) in [5, 5.41) is 3.93. The Hall–Kier alpha value is -1.60. The minimum atomic E-state index is -3.50. The molecule has 0 unspecified atom stereocenters. The van der Waals surface area contributed by atoms with Gasteiger partial charge in [-0.05, 0) is 25.0 Å². The second-order valence-corrected chi connectivity index (χ2v) is 6.60. The Labute approximate surface area is 111 Å². The maximum atomic E-state index is 12.6. The lowest BCUT2D eigenvalue weighted by atomic mass is 10.4. The van der Waals surface area contributed by atoms with Gasteiger partial charge < -0.3 is 4.42 Å². The molecule has 2 heterocycles. The van der Waals surface area contributed by atoms with Crippen molar-refractivity contribution in [3.63, 3.8) is 0 Å². The number of hydrogen-bond donors (Lipinski definition) is 0. The second-order valence-electron chi connectivity index (χ2n) is 4.71. The second kappa shape index (κ2) is 4.50. The van der Waals surface area contributed by atoms with Crippen molar-refractivity contribution < 1.29 is 12.8 Å². The van der Waals surface area contributed by atoms with Gasteiger partial charge in [-0.3, -0.25) is 4.68 Å². The normalized spacial score (nSPS) is 16.1. The monoisotopic (exact) mass is 281 g/mol. The predicted molar refractivity (Wildman–Crippen MR) is 67.7 cm³/mol. The maximum Gasteiger partial charge on any atom is 0.246 e. The van der Waals surface area contributed by atoms with Crippen LogP contribution in [0.25, 0.3) is 0 Å². The Morgan fingerprint density at radius 3 is 2.84 bits per heavy atom. The van der Waals surface area contributed by atoms with Gasteiger partial charge in [0, 0.05) is 19.3 Å². The van der Waals surface area contributed by atoms with Crippen molar-refractivity contribution in [3.8, 4) is 0 Å². The molecule has 0 amide bonds. The largest absolute Gasteiger partial charge is 0.468 e. The van der Waals surface area contributed by atoms with E-state index in [2.05, 4.69) is 5.10 Å². The van der Waals surface area contributed by atoms with E-state index in [1.165, 1.54) is 21.4 Å². The molecule has 1 fully saturated rings. The highest BCUT2D eigenvalue weighted by atomic mass is 32.2. The molecule has 102 valence electrons. The molecule has 0 atom stereocenters. The van der Waals surface area contributed by atoms with E-state index in [-0.39, 0.29) is 17.5 Å². The maximum absolute atomic E-state index is 12.6. The van der Waals surface area contributed by atoms with Crippen molar-refractivity contribution in [2.45, 2.75) is 30.3 Å². The first-order chi connectivity index (χ1) is 9.07. The lowest BCUT2D eigenvalue weighted by Crippen LogP contribution is -2.32. The standard InChI is InChI=1S/C12H15N3O3S/c1-14-9-12(7-13-14)19(16,17)15(10-4-5-10)8-11-3-2-6-18-11/h2-3,6-7,9-10H,4-5,8H2,1H3. The Morgan fingerprint density at radius 1 is 1.53 bits per heavy atom. The minimum Gasteiger partial charge on any atom is -0.468 e. The number of sulfonamides is 1. The molecule has 3 rings (SSSR count). The van der Waals surface area contributed by atoms with Crippen LogP contribution in [-0.2, 0) is 23.6 Å². The molecule has 7 heteroatoms. The zero-order valence-corrected chi connectivity index (χ0v) is 11.4. The van der Waals surface area contributed by atoms with Crippen LogP contribution in [0.2, 0.25) is 0 Å². The van der Waals surface area contributed by atoms with Crippen molar-refractivity contribution in [3.05, 3.63) is 36.5 Å². The zero-order chi connectivity index (χ0) is 13.5. The van der Waals surface area contributed by atoms with Crippen LogP contribution in [0.4, 0.5) is 0 Å². The lowest BCUT2D eigenvalue weighted by Gasteiger charge is -2.19. The summed E-state index contributed by atoms with van der Waals surface area (Å²) >= 11 is 0. The van der Waals surface area contributed by atoms with Gasteiger partial charge in [0.05, 0.1) is 19.0 Å². The van der Waals surface area contributed by atoms with E-state index in [9.17, 15) is 8.42 Å². The highest BCUT2D eigenvalue weighted by molar-refractivity contribution is 7.89. The molecule has 0 bridgehead atoms. The van der Waals surface area contributed by atoms with Crippen molar-refractivity contribution in [1.82, 2.24) is 14.1 Å². The van der Waals surface area contributed by atoms with Gasteiger partial charge in [-0.25, -0.2) is 8.42 Å². The van der Waals surface area contributed by atoms with Crippen molar-refractivity contribution in [1.29, 1.82) is 0 Å². The molecular weight excluding hydrogens is 266 g/mol. The molecular formula is C12H15N3O3S. The van der Waals surface area contributed by atoms with Gasteiger partial charge in [0.15, 0.2) is 0 Å². The SMILES string of the molecule is Cn1cc(S(=O)(=O)N(Cc2ccco2)C2CC2)cn1. The van der Waals surface area contributed by atoms with Crippen molar-refractivity contribution >= 4 is 10.0 Å². The first-order valence-corrected chi connectivity index (χ1v) is 7.54. The molecule has 1 aliphatic carbocycles. The molecule has 1 saturated carbocycles. The fourth-order valence-electron chi connectivity index (χ4n) is 2.00. The van der Waals surface area contributed by atoms with Gasteiger partial charge >= 0.3 is 0 Å². The van der Waals surface area contributed by atoms with E-state index in [1.54, 1.807) is 25.4 Å². The van der Waals surface area contributed by atoms with E-state index >= 15 is 0 Å². The molecule has 0 aliphatic heterocycles. The smallest absolute Gasteiger partial charge is 0.246 e. The van der Waals surface area contributed by atoms with Crippen molar-refractivity contribution in [2.75, 3.05) is 0 Å². The van der Waals surface area contributed by atoms with E-state index < -0.39 is 10.0 Å². The average molecular weight is 281 g/mol. The Bertz CT molecular complexity index is 656. The first-order valence-electron chi connectivity index (χ1n) is 6.10. The topological polar surface area (TPSA) is 68.3 Å². The van der Waals surface area contributed by atoms with Crippen LogP contribution < -0.4 is 0 Å². The predicted octanol–water partition coefficient (Wildman–Crippen LogP) is 1.37. The third-order valence-electron chi connectivity index (χ3n) is 3.13. The van der Waals surface area contributed by atoms with Crippen molar-refractivity contribution in [2.24, 2.45) is 7.05 Å². The Morgan fingerprint density at radius 2 is 2.32 bits per heavy atom. The third-order valence-corrected chi connectivity index (χ3v) is 4.98. The number of nitrogens with zero attached hydrogens (tertiary/aromatic N) is 3. The Kier molecular flexibility index (Phi) is 2.94. The van der Waals surface area contributed by atoms with Crippen LogP contribution in [0.15, 0.2) is 40.1 Å². The molecule has 0 spiro atoms. The summed E-state index contributed by atoms with van der Waals surface area (Å²) in [6.45, 7) is 0.273. The summed E-state index contributed by atoms with van der Waals surface area (Å²) in [4.78, 5) is 0.230. The molecule has 6 nitrogen and oxygen atoms in total. The van der Waals surface area contributed by atoms with Gasteiger partial charge in [-0.1, -0.05) is 0 Å². The van der Waals surface area contributed by atoms with Gasteiger partial charge in [0.2, 0.25) is 10.0 Å². The van der Waals surface area contributed by atoms with Crippen LogP contribution in [0, 0.1) is 0 Å². The van der Waals surface area contributed by atoms with Gasteiger partial charge in [0.1, 0.15) is 10.7 Å². The molecule has 0 radical (unpaired) electrons. The minimum absolute atomic E-state index is 0.0790. The summed E-state index contributed by atoms with van der Waals surface area (Å²) in [5.41, 5.74) is 0. The molecule has 0 saturated heterocycles. The number of furan rings is 1. The summed E-state index contributed by atoms with van der Waals surface area (Å²) in [5.74, 6) is 0.652. The summed E-state index contributed by atoms with van der Waals surface area (Å²) in [6, 6.07) is 3.63. The van der Waals surface area contributed by atoms with Crippen LogP contribution in [0.5, 0.6) is 0 Å². The van der Waals surface area contributed by atoms with E-state index in [4.69, 9.17) is 4.42 Å². The molecule has 2 aromatic heterocycles. The van der Waals surface area contributed by atoms with Gasteiger partial charge in [-0.15, -0.1) is 0 Å². The lowest BCUT2D eigenvalue weighted by molar-refractivity contribution is 0.356. The Balaban J connectivity index is 1.91. The molecule has 0 aromatic carbocycles. The zero-order valence-electron chi connectivity index (χ0n) is 10.6.